The van der Waals surface area contributed by atoms with Crippen molar-refractivity contribution in [3.8, 4) is 5.75 Å². The molecule has 1 aromatic rings. The first-order chi connectivity index (χ1) is 15.0. The SMILES string of the molecule is CN(C)CCCOc1cccc(CN2C[C@H]3C[C@@H](N4CCN(C)CC4)[C@H](O)C[C@H]3C2)c1. The first-order valence-electron chi connectivity index (χ1n) is 12.2. The fourth-order valence-corrected chi connectivity index (χ4v) is 5.74. The second kappa shape index (κ2) is 10.6. The average Bonchev–Trinajstić information content (AvgIpc) is 3.12. The van der Waals surface area contributed by atoms with E-state index in [1.165, 1.54) is 5.56 Å². The van der Waals surface area contributed by atoms with Gasteiger partial charge in [0.25, 0.3) is 0 Å². The van der Waals surface area contributed by atoms with Crippen molar-refractivity contribution >= 4 is 0 Å². The number of aliphatic hydroxyl groups is 1. The number of ether oxygens (including phenoxy) is 1. The van der Waals surface area contributed by atoms with Crippen LogP contribution in [-0.2, 0) is 6.54 Å². The van der Waals surface area contributed by atoms with E-state index in [1.54, 1.807) is 0 Å². The van der Waals surface area contributed by atoms with Gasteiger partial charge in [-0.25, -0.2) is 0 Å². The van der Waals surface area contributed by atoms with Crippen LogP contribution in [0.5, 0.6) is 5.75 Å². The zero-order chi connectivity index (χ0) is 21.8. The summed E-state index contributed by atoms with van der Waals surface area (Å²) in [5.41, 5.74) is 1.33. The van der Waals surface area contributed by atoms with E-state index < -0.39 is 0 Å². The van der Waals surface area contributed by atoms with Crippen molar-refractivity contribution in [1.29, 1.82) is 0 Å². The van der Waals surface area contributed by atoms with E-state index in [9.17, 15) is 5.11 Å². The molecular formula is C25H42N4O2. The number of benzene rings is 1. The summed E-state index contributed by atoms with van der Waals surface area (Å²) in [5.74, 6) is 2.35. The molecule has 2 heterocycles. The Hall–Kier alpha value is -1.18. The van der Waals surface area contributed by atoms with Crippen molar-refractivity contribution in [3.63, 3.8) is 0 Å². The van der Waals surface area contributed by atoms with Crippen LogP contribution in [0.15, 0.2) is 24.3 Å². The van der Waals surface area contributed by atoms with Gasteiger partial charge in [-0.2, -0.15) is 0 Å². The number of rotatable bonds is 8. The third kappa shape index (κ3) is 6.20. The molecule has 0 aromatic heterocycles. The summed E-state index contributed by atoms with van der Waals surface area (Å²) in [6, 6.07) is 8.97. The number of hydrogen-bond acceptors (Lipinski definition) is 6. The summed E-state index contributed by atoms with van der Waals surface area (Å²) >= 11 is 0. The predicted molar refractivity (Wildman–Crippen MR) is 125 cm³/mol. The quantitative estimate of drug-likeness (QED) is 0.635. The van der Waals surface area contributed by atoms with E-state index in [-0.39, 0.29) is 6.10 Å². The van der Waals surface area contributed by atoms with Crippen LogP contribution in [0.1, 0.15) is 24.8 Å². The fraction of sp³-hybridized carbons (Fsp3) is 0.760. The Morgan fingerprint density at radius 1 is 1.06 bits per heavy atom. The van der Waals surface area contributed by atoms with E-state index in [0.717, 1.165) is 89.9 Å². The highest BCUT2D eigenvalue weighted by molar-refractivity contribution is 5.28. The Kier molecular flexibility index (Phi) is 7.88. The first-order valence-corrected chi connectivity index (χ1v) is 12.2. The molecule has 6 nitrogen and oxygen atoms in total. The monoisotopic (exact) mass is 430 g/mol. The lowest BCUT2D eigenvalue weighted by Gasteiger charge is -2.44. The first kappa shape index (κ1) is 23.0. The molecule has 0 radical (unpaired) electrons. The molecule has 0 amide bonds. The van der Waals surface area contributed by atoms with E-state index in [4.69, 9.17) is 4.74 Å². The molecular weight excluding hydrogens is 388 g/mol. The lowest BCUT2D eigenvalue weighted by molar-refractivity contribution is -0.0249. The van der Waals surface area contributed by atoms with Crippen LogP contribution in [0, 0.1) is 11.8 Å². The summed E-state index contributed by atoms with van der Waals surface area (Å²) < 4.78 is 5.97. The smallest absolute Gasteiger partial charge is 0.119 e. The van der Waals surface area contributed by atoms with Gasteiger partial charge in [0.15, 0.2) is 0 Å². The highest BCUT2D eigenvalue weighted by Gasteiger charge is 2.43. The zero-order valence-electron chi connectivity index (χ0n) is 19.7. The average molecular weight is 431 g/mol. The molecule has 0 unspecified atom stereocenters. The Morgan fingerprint density at radius 3 is 2.55 bits per heavy atom. The number of hydrogen-bond donors (Lipinski definition) is 1. The molecule has 3 fully saturated rings. The van der Waals surface area contributed by atoms with Crippen molar-refractivity contribution in [2.75, 3.05) is 73.6 Å². The van der Waals surface area contributed by atoms with Crippen LogP contribution < -0.4 is 4.74 Å². The molecule has 174 valence electrons. The Morgan fingerprint density at radius 2 is 1.81 bits per heavy atom. The Bertz CT molecular complexity index is 692. The second-order valence-electron chi connectivity index (χ2n) is 10.3. The minimum atomic E-state index is -0.163. The molecule has 6 heteroatoms. The van der Waals surface area contributed by atoms with Gasteiger partial charge < -0.3 is 19.6 Å². The van der Waals surface area contributed by atoms with Gasteiger partial charge in [0, 0.05) is 58.4 Å². The lowest BCUT2D eigenvalue weighted by atomic mass is 9.77. The standard InChI is InChI=1S/C25H42N4O2/c1-26(2)8-5-13-31-23-7-4-6-20(14-23)17-28-18-21-15-24(25(30)16-22(21)19-28)29-11-9-27(3)10-12-29/h4,6-7,14,21-22,24-25,30H,5,8-13,15-19H2,1-3H3/t21-,22+,24-,25-/m1/s1. The number of fused-ring (bicyclic) bond motifs is 1. The minimum Gasteiger partial charge on any atom is -0.494 e. The molecule has 31 heavy (non-hydrogen) atoms. The van der Waals surface area contributed by atoms with E-state index >= 15 is 0 Å². The molecule has 3 aliphatic rings. The van der Waals surface area contributed by atoms with E-state index in [0.29, 0.717) is 12.0 Å². The van der Waals surface area contributed by atoms with Crippen LogP contribution in [0.4, 0.5) is 0 Å². The van der Waals surface area contributed by atoms with Gasteiger partial charge >= 0.3 is 0 Å². The molecule has 0 bridgehead atoms. The molecule has 0 spiro atoms. The van der Waals surface area contributed by atoms with Gasteiger partial charge in [-0.05, 0) is 69.9 Å². The summed E-state index contributed by atoms with van der Waals surface area (Å²) in [6.07, 6.45) is 3.00. The van der Waals surface area contributed by atoms with Crippen molar-refractivity contribution < 1.29 is 9.84 Å². The number of nitrogens with zero attached hydrogens (tertiary/aromatic N) is 4. The normalized spacial score (nSPS) is 30.6. The molecule has 1 N–H and O–H groups in total. The van der Waals surface area contributed by atoms with Crippen LogP contribution in [-0.4, -0.2) is 110 Å². The number of aliphatic hydroxyl groups excluding tert-OH is 1. The van der Waals surface area contributed by atoms with Crippen molar-refractivity contribution in [1.82, 2.24) is 19.6 Å². The number of piperazine rings is 1. The highest BCUT2D eigenvalue weighted by Crippen LogP contribution is 2.39. The topological polar surface area (TPSA) is 42.4 Å². The summed E-state index contributed by atoms with van der Waals surface area (Å²) in [6.45, 7) is 9.52. The fourth-order valence-electron chi connectivity index (χ4n) is 5.74. The van der Waals surface area contributed by atoms with Crippen LogP contribution in [0.25, 0.3) is 0 Å². The maximum Gasteiger partial charge on any atom is 0.119 e. The lowest BCUT2D eigenvalue weighted by Crippen LogP contribution is -2.55. The minimum absolute atomic E-state index is 0.163. The van der Waals surface area contributed by atoms with Gasteiger partial charge in [0.2, 0.25) is 0 Å². The van der Waals surface area contributed by atoms with Crippen molar-refractivity contribution in [2.24, 2.45) is 11.8 Å². The van der Waals surface area contributed by atoms with Crippen LogP contribution in [0.3, 0.4) is 0 Å². The summed E-state index contributed by atoms with van der Waals surface area (Å²) in [4.78, 5) is 9.74. The molecule has 1 saturated carbocycles. The molecule has 4 rings (SSSR count). The van der Waals surface area contributed by atoms with Gasteiger partial charge in [-0.15, -0.1) is 0 Å². The van der Waals surface area contributed by atoms with E-state index in [2.05, 4.69) is 65.0 Å². The Balaban J connectivity index is 1.28. The maximum atomic E-state index is 10.9. The number of likely N-dealkylation sites (tertiary alicyclic amines) is 1. The third-order valence-corrected chi connectivity index (χ3v) is 7.51. The maximum absolute atomic E-state index is 10.9. The Labute approximate surface area is 188 Å². The molecule has 2 saturated heterocycles. The van der Waals surface area contributed by atoms with E-state index in [1.807, 2.05) is 0 Å². The highest BCUT2D eigenvalue weighted by atomic mass is 16.5. The van der Waals surface area contributed by atoms with Gasteiger partial charge in [-0.1, -0.05) is 12.1 Å². The van der Waals surface area contributed by atoms with Crippen molar-refractivity contribution in [2.45, 2.75) is 38.0 Å². The zero-order valence-corrected chi connectivity index (χ0v) is 19.7. The molecule has 4 atom stereocenters. The van der Waals surface area contributed by atoms with Crippen LogP contribution >= 0.6 is 0 Å². The summed E-state index contributed by atoms with van der Waals surface area (Å²) in [7, 11) is 6.39. The molecule has 2 aliphatic heterocycles. The van der Waals surface area contributed by atoms with Crippen LogP contribution in [0.2, 0.25) is 0 Å². The summed E-state index contributed by atoms with van der Waals surface area (Å²) in [5, 5.41) is 10.9. The van der Waals surface area contributed by atoms with Gasteiger partial charge in [0.05, 0.1) is 12.7 Å². The van der Waals surface area contributed by atoms with Gasteiger partial charge in [0.1, 0.15) is 5.75 Å². The predicted octanol–water partition coefficient (Wildman–Crippen LogP) is 1.84. The third-order valence-electron chi connectivity index (χ3n) is 7.51. The van der Waals surface area contributed by atoms with Crippen molar-refractivity contribution in [3.05, 3.63) is 29.8 Å². The van der Waals surface area contributed by atoms with Gasteiger partial charge in [-0.3, -0.25) is 9.80 Å². The largest absolute Gasteiger partial charge is 0.494 e. The molecule has 1 aromatic carbocycles. The molecule has 1 aliphatic carbocycles. The number of likely N-dealkylation sites (N-methyl/N-ethyl adjacent to an activating group) is 1. The second-order valence-corrected chi connectivity index (χ2v) is 10.3.